The Labute approximate surface area is 162 Å². The summed E-state index contributed by atoms with van der Waals surface area (Å²) in [6, 6.07) is 15.7. The van der Waals surface area contributed by atoms with Gasteiger partial charge < -0.3 is 15.4 Å². The SMILES string of the molecule is COc1ccccc1NC(=O)c1cc(Nc2ccc(C(C)=O)cc2)nc(C)n1. The molecule has 1 aromatic heterocycles. The van der Waals surface area contributed by atoms with Crippen molar-refractivity contribution in [2.45, 2.75) is 13.8 Å². The quantitative estimate of drug-likeness (QED) is 0.632. The number of carbonyl (C=O) groups excluding carboxylic acids is 2. The van der Waals surface area contributed by atoms with Crippen molar-refractivity contribution in [1.29, 1.82) is 0 Å². The standard InChI is InChI=1S/C21H20N4O3/c1-13(26)15-8-10-16(11-9-15)24-20-12-18(22-14(2)23-20)21(27)25-17-6-4-5-7-19(17)28-3/h4-12H,1-3H3,(H,25,27)(H,22,23,24). The lowest BCUT2D eigenvalue weighted by atomic mass is 10.1. The third-order valence-corrected chi connectivity index (χ3v) is 3.99. The van der Waals surface area contributed by atoms with Crippen molar-refractivity contribution < 1.29 is 14.3 Å². The molecule has 28 heavy (non-hydrogen) atoms. The molecule has 0 radical (unpaired) electrons. The number of benzene rings is 2. The van der Waals surface area contributed by atoms with E-state index in [0.29, 0.717) is 28.6 Å². The Balaban J connectivity index is 1.80. The molecule has 0 fully saturated rings. The van der Waals surface area contributed by atoms with Gasteiger partial charge in [0, 0.05) is 17.3 Å². The van der Waals surface area contributed by atoms with Crippen LogP contribution in [0.3, 0.4) is 0 Å². The number of Topliss-reactive ketones (excluding diaryl/α,β-unsaturated/α-hetero) is 1. The van der Waals surface area contributed by atoms with Gasteiger partial charge in [0.05, 0.1) is 12.8 Å². The fourth-order valence-corrected chi connectivity index (χ4v) is 2.62. The van der Waals surface area contributed by atoms with Crippen LogP contribution in [-0.4, -0.2) is 28.8 Å². The number of nitrogens with one attached hydrogen (secondary N) is 2. The lowest BCUT2D eigenvalue weighted by Crippen LogP contribution is -2.16. The maximum atomic E-state index is 12.6. The minimum Gasteiger partial charge on any atom is -0.495 e. The first-order chi connectivity index (χ1) is 13.5. The third kappa shape index (κ3) is 4.50. The number of amides is 1. The number of aryl methyl sites for hydroxylation is 1. The molecule has 0 aliphatic carbocycles. The molecule has 0 unspecified atom stereocenters. The number of carbonyl (C=O) groups is 2. The van der Waals surface area contributed by atoms with Gasteiger partial charge in [-0.15, -0.1) is 0 Å². The van der Waals surface area contributed by atoms with E-state index in [1.165, 1.54) is 6.92 Å². The van der Waals surface area contributed by atoms with Crippen molar-refractivity contribution in [3.8, 4) is 5.75 Å². The second-order valence-corrected chi connectivity index (χ2v) is 6.10. The summed E-state index contributed by atoms with van der Waals surface area (Å²) in [4.78, 5) is 32.5. The van der Waals surface area contributed by atoms with Crippen molar-refractivity contribution in [2.75, 3.05) is 17.7 Å². The van der Waals surface area contributed by atoms with Gasteiger partial charge in [0.1, 0.15) is 23.1 Å². The van der Waals surface area contributed by atoms with Gasteiger partial charge in [-0.3, -0.25) is 9.59 Å². The largest absolute Gasteiger partial charge is 0.495 e. The van der Waals surface area contributed by atoms with Gasteiger partial charge in [-0.2, -0.15) is 0 Å². The molecular formula is C21H20N4O3. The van der Waals surface area contributed by atoms with Crippen molar-refractivity contribution in [3.05, 3.63) is 71.7 Å². The molecule has 2 N–H and O–H groups in total. The zero-order valence-electron chi connectivity index (χ0n) is 15.8. The van der Waals surface area contributed by atoms with E-state index in [4.69, 9.17) is 4.74 Å². The van der Waals surface area contributed by atoms with Crippen LogP contribution in [0.25, 0.3) is 0 Å². The number of nitrogens with zero attached hydrogens (tertiary/aromatic N) is 2. The number of ether oxygens (including phenoxy) is 1. The highest BCUT2D eigenvalue weighted by Gasteiger charge is 2.13. The Morgan fingerprint density at radius 3 is 2.39 bits per heavy atom. The average Bonchev–Trinajstić information content (AvgIpc) is 2.68. The number of aromatic nitrogens is 2. The summed E-state index contributed by atoms with van der Waals surface area (Å²) < 4.78 is 5.25. The van der Waals surface area contributed by atoms with Gasteiger partial charge in [0.25, 0.3) is 5.91 Å². The minimum absolute atomic E-state index is 0.000252. The van der Waals surface area contributed by atoms with Gasteiger partial charge in [-0.1, -0.05) is 12.1 Å². The Kier molecular flexibility index (Phi) is 5.64. The second kappa shape index (κ2) is 8.30. The number of ketones is 1. The third-order valence-electron chi connectivity index (χ3n) is 3.99. The molecule has 2 aromatic carbocycles. The first kappa shape index (κ1) is 19.0. The molecule has 142 valence electrons. The fourth-order valence-electron chi connectivity index (χ4n) is 2.62. The van der Waals surface area contributed by atoms with Gasteiger partial charge in [0.2, 0.25) is 0 Å². The summed E-state index contributed by atoms with van der Waals surface area (Å²) in [7, 11) is 1.54. The predicted octanol–water partition coefficient (Wildman–Crippen LogP) is 3.99. The molecule has 0 atom stereocenters. The molecule has 0 aliphatic heterocycles. The Bertz CT molecular complexity index is 1020. The van der Waals surface area contributed by atoms with Crippen molar-refractivity contribution in [3.63, 3.8) is 0 Å². The summed E-state index contributed by atoms with van der Waals surface area (Å²) in [5.74, 6) is 1.12. The average molecular weight is 376 g/mol. The van der Waals surface area contributed by atoms with Crippen LogP contribution in [0.5, 0.6) is 5.75 Å². The Morgan fingerprint density at radius 1 is 1.00 bits per heavy atom. The molecule has 0 saturated heterocycles. The lowest BCUT2D eigenvalue weighted by molar-refractivity contribution is 0.101. The monoisotopic (exact) mass is 376 g/mol. The molecule has 0 spiro atoms. The van der Waals surface area contributed by atoms with Gasteiger partial charge in [0.15, 0.2) is 5.78 Å². The van der Waals surface area contributed by atoms with Crippen LogP contribution in [-0.2, 0) is 0 Å². The normalized spacial score (nSPS) is 10.2. The molecule has 0 aliphatic rings. The summed E-state index contributed by atoms with van der Waals surface area (Å²) >= 11 is 0. The first-order valence-electron chi connectivity index (χ1n) is 8.64. The maximum absolute atomic E-state index is 12.6. The number of methoxy groups -OCH3 is 1. The topological polar surface area (TPSA) is 93.2 Å². The number of anilines is 3. The van der Waals surface area contributed by atoms with Crippen LogP contribution in [0.4, 0.5) is 17.2 Å². The second-order valence-electron chi connectivity index (χ2n) is 6.10. The Hall–Kier alpha value is -3.74. The van der Waals surface area contributed by atoms with Crippen LogP contribution in [0, 0.1) is 6.92 Å². The van der Waals surface area contributed by atoms with E-state index < -0.39 is 0 Å². The van der Waals surface area contributed by atoms with Crippen molar-refractivity contribution >= 4 is 28.9 Å². The van der Waals surface area contributed by atoms with E-state index in [1.54, 1.807) is 62.6 Å². The summed E-state index contributed by atoms with van der Waals surface area (Å²) in [5, 5.41) is 5.92. The van der Waals surface area contributed by atoms with E-state index in [-0.39, 0.29) is 17.4 Å². The molecule has 7 nitrogen and oxygen atoms in total. The number of para-hydroxylation sites is 2. The summed E-state index contributed by atoms with van der Waals surface area (Å²) in [6.07, 6.45) is 0. The molecule has 3 rings (SSSR count). The van der Waals surface area contributed by atoms with Crippen molar-refractivity contribution in [2.24, 2.45) is 0 Å². The molecule has 0 bridgehead atoms. The molecular weight excluding hydrogens is 356 g/mol. The zero-order chi connectivity index (χ0) is 20.1. The van der Waals surface area contributed by atoms with E-state index in [0.717, 1.165) is 5.69 Å². The smallest absolute Gasteiger partial charge is 0.274 e. The number of hydrogen-bond acceptors (Lipinski definition) is 6. The lowest BCUT2D eigenvalue weighted by Gasteiger charge is -2.11. The van der Waals surface area contributed by atoms with E-state index in [9.17, 15) is 9.59 Å². The van der Waals surface area contributed by atoms with Gasteiger partial charge in [-0.25, -0.2) is 9.97 Å². The summed E-state index contributed by atoms with van der Waals surface area (Å²) in [6.45, 7) is 3.23. The minimum atomic E-state index is -0.370. The highest BCUT2D eigenvalue weighted by atomic mass is 16.5. The highest BCUT2D eigenvalue weighted by molar-refractivity contribution is 6.04. The van der Waals surface area contributed by atoms with Crippen LogP contribution < -0.4 is 15.4 Å². The molecule has 1 heterocycles. The highest BCUT2D eigenvalue weighted by Crippen LogP contribution is 2.24. The molecule has 1 amide bonds. The Morgan fingerprint density at radius 2 is 1.71 bits per heavy atom. The molecule has 7 heteroatoms. The molecule has 3 aromatic rings. The number of hydrogen-bond donors (Lipinski definition) is 2. The van der Waals surface area contributed by atoms with Gasteiger partial charge in [-0.05, 0) is 50.2 Å². The summed E-state index contributed by atoms with van der Waals surface area (Å²) in [5.41, 5.74) is 2.15. The number of rotatable bonds is 6. The predicted molar refractivity (Wildman–Crippen MR) is 107 cm³/mol. The van der Waals surface area contributed by atoms with E-state index in [2.05, 4.69) is 20.6 Å². The van der Waals surface area contributed by atoms with Crippen LogP contribution in [0.2, 0.25) is 0 Å². The fraction of sp³-hybridized carbons (Fsp3) is 0.143. The maximum Gasteiger partial charge on any atom is 0.274 e. The van der Waals surface area contributed by atoms with E-state index >= 15 is 0 Å². The van der Waals surface area contributed by atoms with Crippen LogP contribution in [0.15, 0.2) is 54.6 Å². The first-order valence-corrected chi connectivity index (χ1v) is 8.64. The zero-order valence-corrected chi connectivity index (χ0v) is 15.8. The van der Waals surface area contributed by atoms with Crippen LogP contribution >= 0.6 is 0 Å². The molecule has 0 saturated carbocycles. The van der Waals surface area contributed by atoms with Gasteiger partial charge >= 0.3 is 0 Å². The van der Waals surface area contributed by atoms with Crippen molar-refractivity contribution in [1.82, 2.24) is 9.97 Å². The van der Waals surface area contributed by atoms with E-state index in [1.807, 2.05) is 6.07 Å². The van der Waals surface area contributed by atoms with Crippen LogP contribution in [0.1, 0.15) is 33.6 Å².